The van der Waals surface area contributed by atoms with Crippen molar-refractivity contribution in [2.24, 2.45) is 12.8 Å². The van der Waals surface area contributed by atoms with Crippen molar-refractivity contribution in [1.29, 1.82) is 0 Å². The summed E-state index contributed by atoms with van der Waals surface area (Å²) in [5, 5.41) is 10.3. The lowest BCUT2D eigenvalue weighted by Crippen LogP contribution is -2.42. The summed E-state index contributed by atoms with van der Waals surface area (Å²) in [5.74, 6) is -0.0389. The Morgan fingerprint density at radius 1 is 1.34 bits per heavy atom. The number of nitrogens with two attached hydrogens (primary N) is 1. The van der Waals surface area contributed by atoms with E-state index in [9.17, 15) is 18.0 Å². The highest BCUT2D eigenvalue weighted by Crippen LogP contribution is 2.32. The molecule has 29 heavy (non-hydrogen) atoms. The predicted molar refractivity (Wildman–Crippen MR) is 98.9 cm³/mol. The maximum Gasteiger partial charge on any atom is 0.416 e. The molecule has 0 aliphatic heterocycles. The summed E-state index contributed by atoms with van der Waals surface area (Å²) in [6.07, 6.45) is -3.00. The summed E-state index contributed by atoms with van der Waals surface area (Å²) in [5.41, 5.74) is 6.33. The lowest BCUT2D eigenvalue weighted by atomic mass is 9.99. The van der Waals surface area contributed by atoms with Crippen LogP contribution in [-0.4, -0.2) is 33.5 Å². The van der Waals surface area contributed by atoms with Gasteiger partial charge < -0.3 is 15.5 Å². The number of benzene rings is 1. The molecular formula is C19H20F3N5O2. The van der Waals surface area contributed by atoms with E-state index in [1.54, 1.807) is 20.0 Å². The minimum atomic E-state index is -4.48. The molecule has 1 atom stereocenters. The Balaban J connectivity index is 1.77. The van der Waals surface area contributed by atoms with Crippen molar-refractivity contribution in [2.75, 3.05) is 6.54 Å². The van der Waals surface area contributed by atoms with Crippen molar-refractivity contribution in [3.63, 3.8) is 0 Å². The number of rotatable bonds is 6. The molecule has 0 saturated heterocycles. The van der Waals surface area contributed by atoms with E-state index in [1.807, 2.05) is 0 Å². The molecule has 0 saturated carbocycles. The van der Waals surface area contributed by atoms with Gasteiger partial charge in [0.1, 0.15) is 5.76 Å². The highest BCUT2D eigenvalue weighted by Gasteiger charge is 2.33. The fraction of sp³-hybridized carbons (Fsp3) is 0.316. The van der Waals surface area contributed by atoms with E-state index in [1.165, 1.54) is 29.1 Å². The summed E-state index contributed by atoms with van der Waals surface area (Å²) in [6, 6.07) is 6.07. The molecule has 3 aromatic rings. The van der Waals surface area contributed by atoms with E-state index in [0.29, 0.717) is 17.0 Å². The molecule has 0 radical (unpaired) electrons. The molecule has 0 aliphatic carbocycles. The number of hydrogen-bond acceptors (Lipinski definition) is 5. The zero-order valence-corrected chi connectivity index (χ0v) is 15.8. The van der Waals surface area contributed by atoms with E-state index >= 15 is 0 Å². The molecule has 2 heterocycles. The molecule has 0 fully saturated rings. The molecule has 154 valence electrons. The van der Waals surface area contributed by atoms with Gasteiger partial charge in [-0.1, -0.05) is 23.4 Å². The molecule has 1 aromatic carbocycles. The number of nitrogens with zero attached hydrogens (tertiary/aromatic N) is 3. The van der Waals surface area contributed by atoms with Gasteiger partial charge in [0.25, 0.3) is 5.91 Å². The van der Waals surface area contributed by atoms with Crippen LogP contribution in [-0.2, 0) is 19.6 Å². The number of amides is 1. The van der Waals surface area contributed by atoms with Crippen LogP contribution in [0.2, 0.25) is 0 Å². The maximum atomic E-state index is 13.2. The van der Waals surface area contributed by atoms with Gasteiger partial charge in [0.05, 0.1) is 17.5 Å². The van der Waals surface area contributed by atoms with Crippen LogP contribution in [0.15, 0.2) is 40.9 Å². The summed E-state index contributed by atoms with van der Waals surface area (Å²) >= 11 is 0. The monoisotopic (exact) mass is 407 g/mol. The molecule has 0 bridgehead atoms. The first kappa shape index (κ1) is 20.6. The van der Waals surface area contributed by atoms with Crippen molar-refractivity contribution >= 4 is 5.91 Å². The van der Waals surface area contributed by atoms with Crippen LogP contribution in [0.5, 0.6) is 0 Å². The van der Waals surface area contributed by atoms with Crippen molar-refractivity contribution in [3.8, 4) is 11.3 Å². The Morgan fingerprint density at radius 2 is 2.07 bits per heavy atom. The van der Waals surface area contributed by atoms with E-state index in [0.717, 1.165) is 6.07 Å². The molecule has 3 N–H and O–H groups in total. The SMILES string of the molecule is Cc1oc(C(=O)NC(CN)Cc2ccccc2C(F)(F)F)cc1-c1cnnn1C. The number of alkyl halides is 3. The van der Waals surface area contributed by atoms with Crippen LogP contribution < -0.4 is 11.1 Å². The Morgan fingerprint density at radius 3 is 2.69 bits per heavy atom. The van der Waals surface area contributed by atoms with Crippen LogP contribution >= 0.6 is 0 Å². The summed E-state index contributed by atoms with van der Waals surface area (Å²) in [6.45, 7) is 1.66. The minimum absolute atomic E-state index is 0.0289. The number of carbonyl (C=O) groups is 1. The predicted octanol–water partition coefficient (Wildman–Crippen LogP) is 2.70. The third-order valence-corrected chi connectivity index (χ3v) is 4.54. The van der Waals surface area contributed by atoms with Crippen LogP contribution in [0.3, 0.4) is 0 Å². The highest BCUT2D eigenvalue weighted by molar-refractivity contribution is 5.93. The van der Waals surface area contributed by atoms with Gasteiger partial charge in [-0.05, 0) is 31.0 Å². The van der Waals surface area contributed by atoms with Gasteiger partial charge in [-0.3, -0.25) is 4.79 Å². The molecule has 3 rings (SSSR count). The van der Waals surface area contributed by atoms with Crippen molar-refractivity contribution in [1.82, 2.24) is 20.3 Å². The number of carbonyl (C=O) groups excluding carboxylic acids is 1. The van der Waals surface area contributed by atoms with Crippen molar-refractivity contribution < 1.29 is 22.4 Å². The fourth-order valence-electron chi connectivity index (χ4n) is 3.07. The van der Waals surface area contributed by atoms with Crippen LogP contribution in [0.1, 0.15) is 27.4 Å². The standard InChI is InChI=1S/C19H20F3N5O2/c1-11-14(16-10-24-26-27(16)2)8-17(29-11)18(28)25-13(9-23)7-12-5-3-4-6-15(12)19(20,21)22/h3-6,8,10,13H,7,9,23H2,1-2H3,(H,25,28). The topological polar surface area (TPSA) is 99.0 Å². The third kappa shape index (κ3) is 4.48. The second kappa shape index (κ2) is 8.08. The van der Waals surface area contributed by atoms with E-state index in [4.69, 9.17) is 10.2 Å². The smallest absolute Gasteiger partial charge is 0.416 e. The number of furan rings is 1. The molecule has 0 aliphatic rings. The lowest BCUT2D eigenvalue weighted by Gasteiger charge is -2.19. The zero-order chi connectivity index (χ0) is 21.2. The largest absolute Gasteiger partial charge is 0.455 e. The quantitative estimate of drug-likeness (QED) is 0.655. The number of hydrogen-bond donors (Lipinski definition) is 2. The van der Waals surface area contributed by atoms with E-state index in [-0.39, 0.29) is 24.3 Å². The highest BCUT2D eigenvalue weighted by atomic mass is 19.4. The number of aryl methyl sites for hydroxylation is 2. The molecule has 1 unspecified atom stereocenters. The Bertz CT molecular complexity index is 1010. The van der Waals surface area contributed by atoms with Crippen LogP contribution in [0.4, 0.5) is 13.2 Å². The summed E-state index contributed by atoms with van der Waals surface area (Å²) < 4.78 is 46.7. The molecule has 1 amide bonds. The van der Waals surface area contributed by atoms with Gasteiger partial charge in [0, 0.05) is 25.2 Å². The minimum Gasteiger partial charge on any atom is -0.455 e. The summed E-state index contributed by atoms with van der Waals surface area (Å²) in [4.78, 5) is 12.6. The molecule has 0 spiro atoms. The zero-order valence-electron chi connectivity index (χ0n) is 15.8. The summed E-state index contributed by atoms with van der Waals surface area (Å²) in [7, 11) is 1.71. The molecule has 2 aromatic heterocycles. The normalized spacial score (nSPS) is 12.8. The number of nitrogens with one attached hydrogen (secondary N) is 1. The molecule has 7 nitrogen and oxygen atoms in total. The van der Waals surface area contributed by atoms with Crippen LogP contribution in [0, 0.1) is 6.92 Å². The fourth-order valence-corrected chi connectivity index (χ4v) is 3.07. The number of halogens is 3. The average molecular weight is 407 g/mol. The van der Waals surface area contributed by atoms with Gasteiger partial charge >= 0.3 is 6.18 Å². The molecule has 10 heteroatoms. The van der Waals surface area contributed by atoms with Gasteiger partial charge in [-0.25, -0.2) is 4.68 Å². The first-order chi connectivity index (χ1) is 13.7. The third-order valence-electron chi connectivity index (χ3n) is 4.54. The first-order valence-corrected chi connectivity index (χ1v) is 8.82. The van der Waals surface area contributed by atoms with Crippen LogP contribution in [0.25, 0.3) is 11.3 Å². The lowest BCUT2D eigenvalue weighted by molar-refractivity contribution is -0.138. The average Bonchev–Trinajstić information content (AvgIpc) is 3.25. The molecular weight excluding hydrogens is 387 g/mol. The first-order valence-electron chi connectivity index (χ1n) is 8.82. The maximum absolute atomic E-state index is 13.2. The Kier molecular flexibility index (Phi) is 5.73. The van der Waals surface area contributed by atoms with E-state index in [2.05, 4.69) is 15.6 Å². The Labute approximate surface area is 164 Å². The second-order valence-corrected chi connectivity index (χ2v) is 6.59. The van der Waals surface area contributed by atoms with Gasteiger partial charge in [-0.2, -0.15) is 13.2 Å². The van der Waals surface area contributed by atoms with Crippen molar-refractivity contribution in [2.45, 2.75) is 25.6 Å². The number of aromatic nitrogens is 3. The van der Waals surface area contributed by atoms with Crippen molar-refractivity contribution in [3.05, 3.63) is 59.2 Å². The second-order valence-electron chi connectivity index (χ2n) is 6.59. The van der Waals surface area contributed by atoms with E-state index < -0.39 is 23.7 Å². The van der Waals surface area contributed by atoms with Gasteiger partial charge in [-0.15, -0.1) is 5.10 Å². The van der Waals surface area contributed by atoms with Gasteiger partial charge in [0.2, 0.25) is 0 Å². The Hall–Kier alpha value is -3.14. The van der Waals surface area contributed by atoms with Gasteiger partial charge in [0.15, 0.2) is 5.76 Å².